The Kier molecular flexibility index (Phi) is 5.05. The summed E-state index contributed by atoms with van der Waals surface area (Å²) in [6.45, 7) is 3.89. The third-order valence-corrected chi connectivity index (χ3v) is 6.10. The highest BCUT2D eigenvalue weighted by Gasteiger charge is 2.26. The molecule has 1 saturated carbocycles. The molecule has 3 rings (SSSR count). The van der Waals surface area contributed by atoms with Crippen molar-refractivity contribution >= 4 is 23.2 Å². The molecule has 0 aliphatic heterocycles. The van der Waals surface area contributed by atoms with Crippen LogP contribution in [0.3, 0.4) is 0 Å². The topological polar surface area (TPSA) is 55.4 Å². The predicted octanol–water partition coefficient (Wildman–Crippen LogP) is 3.48. The average Bonchev–Trinajstić information content (AvgIpc) is 3.15. The molecule has 1 amide bonds. The number of ether oxygens (including phenoxy) is 1. The highest BCUT2D eigenvalue weighted by Crippen LogP contribution is 2.32. The molecule has 1 heterocycles. The molecule has 1 fully saturated rings. The Balaban J connectivity index is 1.56. The van der Waals surface area contributed by atoms with Gasteiger partial charge in [0.1, 0.15) is 4.88 Å². The van der Waals surface area contributed by atoms with Gasteiger partial charge in [0, 0.05) is 10.9 Å². The number of carbonyl (C=O) groups is 2. The summed E-state index contributed by atoms with van der Waals surface area (Å²) in [6, 6.07) is 2.21. The maximum atomic E-state index is 12.3. The van der Waals surface area contributed by atoms with Crippen LogP contribution in [0.4, 0.5) is 0 Å². The van der Waals surface area contributed by atoms with E-state index < -0.39 is 6.10 Å². The van der Waals surface area contributed by atoms with E-state index in [4.69, 9.17) is 4.74 Å². The molecule has 5 heteroatoms. The maximum absolute atomic E-state index is 12.3. The Morgan fingerprint density at radius 1 is 1.30 bits per heavy atom. The molecule has 0 aromatic carbocycles. The zero-order valence-electron chi connectivity index (χ0n) is 13.9. The van der Waals surface area contributed by atoms with Crippen molar-refractivity contribution in [2.45, 2.75) is 70.9 Å². The SMILES string of the molecule is C[C@H]1CCc2sc(C(=O)O[C@@H](C)C(=O)NC3CCCC3)cc2C1. The fourth-order valence-corrected chi connectivity index (χ4v) is 4.56. The zero-order valence-corrected chi connectivity index (χ0v) is 14.7. The molecule has 23 heavy (non-hydrogen) atoms. The molecule has 0 radical (unpaired) electrons. The largest absolute Gasteiger partial charge is 0.448 e. The first-order chi connectivity index (χ1) is 11.0. The summed E-state index contributed by atoms with van der Waals surface area (Å²) in [5.41, 5.74) is 1.28. The third-order valence-electron chi connectivity index (χ3n) is 4.88. The number of rotatable bonds is 4. The van der Waals surface area contributed by atoms with E-state index in [9.17, 15) is 9.59 Å². The summed E-state index contributed by atoms with van der Waals surface area (Å²) in [6.07, 6.45) is 6.92. The Morgan fingerprint density at radius 3 is 2.78 bits per heavy atom. The molecule has 1 aromatic rings. The van der Waals surface area contributed by atoms with Crippen molar-refractivity contribution < 1.29 is 14.3 Å². The van der Waals surface area contributed by atoms with Gasteiger partial charge in [-0.1, -0.05) is 19.8 Å². The first-order valence-corrected chi connectivity index (χ1v) is 9.47. The molecule has 126 valence electrons. The molecule has 0 saturated heterocycles. The first kappa shape index (κ1) is 16.5. The zero-order chi connectivity index (χ0) is 16.4. The van der Waals surface area contributed by atoms with Crippen molar-refractivity contribution in [3.05, 3.63) is 21.4 Å². The summed E-state index contributed by atoms with van der Waals surface area (Å²) in [7, 11) is 0. The van der Waals surface area contributed by atoms with Crippen LogP contribution in [-0.4, -0.2) is 24.0 Å². The fraction of sp³-hybridized carbons (Fsp3) is 0.667. The van der Waals surface area contributed by atoms with E-state index in [0.717, 1.165) is 38.5 Å². The minimum absolute atomic E-state index is 0.180. The van der Waals surface area contributed by atoms with Crippen LogP contribution >= 0.6 is 11.3 Å². The van der Waals surface area contributed by atoms with Crippen molar-refractivity contribution in [2.75, 3.05) is 0 Å². The lowest BCUT2D eigenvalue weighted by molar-refractivity contribution is -0.129. The number of hydrogen-bond acceptors (Lipinski definition) is 4. The lowest BCUT2D eigenvalue weighted by Crippen LogP contribution is -2.40. The normalized spacial score (nSPS) is 22.4. The molecule has 4 nitrogen and oxygen atoms in total. The van der Waals surface area contributed by atoms with Gasteiger partial charge in [-0.05, 0) is 56.6 Å². The van der Waals surface area contributed by atoms with Gasteiger partial charge in [-0.3, -0.25) is 4.79 Å². The van der Waals surface area contributed by atoms with Crippen molar-refractivity contribution in [1.29, 1.82) is 0 Å². The summed E-state index contributed by atoms with van der Waals surface area (Å²) in [5.74, 6) is 0.128. The summed E-state index contributed by atoms with van der Waals surface area (Å²) < 4.78 is 5.37. The molecule has 2 aliphatic rings. The van der Waals surface area contributed by atoms with Gasteiger partial charge in [0.15, 0.2) is 6.10 Å². The van der Waals surface area contributed by atoms with Crippen LogP contribution in [-0.2, 0) is 22.4 Å². The van der Waals surface area contributed by atoms with E-state index in [1.54, 1.807) is 6.92 Å². The van der Waals surface area contributed by atoms with Gasteiger partial charge in [-0.15, -0.1) is 11.3 Å². The van der Waals surface area contributed by atoms with Crippen LogP contribution in [0.5, 0.6) is 0 Å². The van der Waals surface area contributed by atoms with Crippen LogP contribution < -0.4 is 5.32 Å². The Labute approximate surface area is 141 Å². The standard InChI is InChI=1S/C18H25NO3S/c1-11-7-8-15-13(9-11)10-16(23-15)18(21)22-12(2)17(20)19-14-5-3-4-6-14/h10-12,14H,3-9H2,1-2H3,(H,19,20)/t11-,12-/m0/s1. The van der Waals surface area contributed by atoms with E-state index >= 15 is 0 Å². The van der Waals surface area contributed by atoms with Gasteiger partial charge in [-0.25, -0.2) is 4.79 Å². The number of esters is 1. The quantitative estimate of drug-likeness (QED) is 0.857. The third kappa shape index (κ3) is 3.94. The molecule has 0 spiro atoms. The minimum Gasteiger partial charge on any atom is -0.448 e. The van der Waals surface area contributed by atoms with E-state index in [0.29, 0.717) is 10.8 Å². The van der Waals surface area contributed by atoms with Crippen molar-refractivity contribution in [3.8, 4) is 0 Å². The number of thiophene rings is 1. The summed E-state index contributed by atoms with van der Waals surface area (Å²) in [5, 5.41) is 2.98. The first-order valence-electron chi connectivity index (χ1n) is 8.66. The molecular formula is C18H25NO3S. The van der Waals surface area contributed by atoms with Crippen molar-refractivity contribution in [3.63, 3.8) is 0 Å². The number of fused-ring (bicyclic) bond motifs is 1. The van der Waals surface area contributed by atoms with Crippen LogP contribution in [0.1, 0.15) is 66.1 Å². The lowest BCUT2D eigenvalue weighted by atomic mass is 9.90. The van der Waals surface area contributed by atoms with E-state index in [1.165, 1.54) is 28.2 Å². The predicted molar refractivity (Wildman–Crippen MR) is 90.8 cm³/mol. The fourth-order valence-electron chi connectivity index (χ4n) is 3.47. The molecular weight excluding hydrogens is 310 g/mol. The second-order valence-electron chi connectivity index (χ2n) is 6.94. The molecule has 1 aromatic heterocycles. The van der Waals surface area contributed by atoms with E-state index in [-0.39, 0.29) is 17.9 Å². The molecule has 0 bridgehead atoms. The van der Waals surface area contributed by atoms with E-state index in [2.05, 4.69) is 12.2 Å². The van der Waals surface area contributed by atoms with Crippen LogP contribution in [0, 0.1) is 5.92 Å². The van der Waals surface area contributed by atoms with Gasteiger partial charge in [0.2, 0.25) is 0 Å². The number of carbonyl (C=O) groups excluding carboxylic acids is 2. The van der Waals surface area contributed by atoms with Crippen molar-refractivity contribution in [1.82, 2.24) is 5.32 Å². The molecule has 1 N–H and O–H groups in total. The van der Waals surface area contributed by atoms with Gasteiger partial charge in [0.05, 0.1) is 0 Å². The van der Waals surface area contributed by atoms with Gasteiger partial charge >= 0.3 is 5.97 Å². The number of nitrogens with one attached hydrogen (secondary N) is 1. The number of hydrogen-bond donors (Lipinski definition) is 1. The van der Waals surface area contributed by atoms with Crippen LogP contribution in [0.25, 0.3) is 0 Å². The molecule has 2 aliphatic carbocycles. The van der Waals surface area contributed by atoms with Crippen LogP contribution in [0.15, 0.2) is 6.07 Å². The minimum atomic E-state index is -0.735. The molecule has 0 unspecified atom stereocenters. The summed E-state index contributed by atoms with van der Waals surface area (Å²) in [4.78, 5) is 26.4. The Bertz CT molecular complexity index is 589. The second kappa shape index (κ2) is 7.04. The van der Waals surface area contributed by atoms with Gasteiger partial charge in [0.25, 0.3) is 5.91 Å². The van der Waals surface area contributed by atoms with Crippen LogP contribution in [0.2, 0.25) is 0 Å². The lowest BCUT2D eigenvalue weighted by Gasteiger charge is -2.16. The monoisotopic (exact) mass is 335 g/mol. The van der Waals surface area contributed by atoms with Gasteiger partial charge in [-0.2, -0.15) is 0 Å². The highest BCUT2D eigenvalue weighted by molar-refractivity contribution is 7.14. The Hall–Kier alpha value is -1.36. The van der Waals surface area contributed by atoms with Crippen molar-refractivity contribution in [2.24, 2.45) is 5.92 Å². The maximum Gasteiger partial charge on any atom is 0.349 e. The smallest absolute Gasteiger partial charge is 0.349 e. The second-order valence-corrected chi connectivity index (χ2v) is 8.08. The van der Waals surface area contributed by atoms with E-state index in [1.807, 2.05) is 6.07 Å². The average molecular weight is 335 g/mol. The summed E-state index contributed by atoms with van der Waals surface area (Å²) >= 11 is 1.53. The Morgan fingerprint density at radius 2 is 2.04 bits per heavy atom. The molecule has 2 atom stereocenters. The number of amides is 1. The highest BCUT2D eigenvalue weighted by atomic mass is 32.1. The number of aryl methyl sites for hydroxylation is 1. The van der Waals surface area contributed by atoms with Gasteiger partial charge < -0.3 is 10.1 Å².